The number of likely N-dealkylation sites (tertiary alicyclic amines) is 1. The van der Waals surface area contributed by atoms with Crippen LogP contribution < -0.4 is 5.32 Å². The molecule has 1 heterocycles. The van der Waals surface area contributed by atoms with Gasteiger partial charge < -0.3 is 20.1 Å². The molecule has 0 aromatic rings. The minimum absolute atomic E-state index is 0.100. The first-order valence-electron chi connectivity index (χ1n) is 6.41. The maximum Gasteiger partial charge on any atom is 0.317 e. The second-order valence-electron chi connectivity index (χ2n) is 4.54. The van der Waals surface area contributed by atoms with Gasteiger partial charge in [-0.15, -0.1) is 0 Å². The van der Waals surface area contributed by atoms with Gasteiger partial charge in [0.25, 0.3) is 0 Å². The van der Waals surface area contributed by atoms with Crippen molar-refractivity contribution < 1.29 is 19.4 Å². The maximum absolute atomic E-state index is 11.9. The van der Waals surface area contributed by atoms with E-state index in [1.807, 2.05) is 0 Å². The van der Waals surface area contributed by atoms with Gasteiger partial charge >= 0.3 is 12.0 Å². The van der Waals surface area contributed by atoms with E-state index in [9.17, 15) is 9.59 Å². The van der Waals surface area contributed by atoms with Crippen LogP contribution in [-0.4, -0.2) is 54.9 Å². The molecule has 0 aliphatic carbocycles. The summed E-state index contributed by atoms with van der Waals surface area (Å²) in [7, 11) is 1.45. The Bertz CT molecular complexity index is 275. The van der Waals surface area contributed by atoms with E-state index in [1.54, 1.807) is 4.90 Å². The number of carboxylic acid groups (broad SMARTS) is 1. The van der Waals surface area contributed by atoms with Gasteiger partial charge in [-0.2, -0.15) is 0 Å². The molecule has 0 bridgehead atoms. The highest BCUT2D eigenvalue weighted by Gasteiger charge is 2.18. The summed E-state index contributed by atoms with van der Waals surface area (Å²) in [6.45, 7) is 1.79. The highest BCUT2D eigenvalue weighted by Crippen LogP contribution is 2.09. The van der Waals surface area contributed by atoms with Crippen molar-refractivity contribution in [3.8, 4) is 0 Å². The lowest BCUT2D eigenvalue weighted by Crippen LogP contribution is -2.44. The molecule has 2 amide bonds. The predicted molar refractivity (Wildman–Crippen MR) is 66.5 cm³/mol. The Hall–Kier alpha value is -1.30. The lowest BCUT2D eigenvalue weighted by atomic mass is 10.2. The van der Waals surface area contributed by atoms with E-state index < -0.39 is 12.1 Å². The summed E-state index contributed by atoms with van der Waals surface area (Å²) in [4.78, 5) is 24.2. The number of methoxy groups -OCH3 is 1. The van der Waals surface area contributed by atoms with Crippen molar-refractivity contribution in [3.63, 3.8) is 0 Å². The van der Waals surface area contributed by atoms with Gasteiger partial charge in [-0.1, -0.05) is 12.8 Å². The highest BCUT2D eigenvalue weighted by molar-refractivity contribution is 5.74. The molecular formula is C12H22N2O4. The summed E-state index contributed by atoms with van der Waals surface area (Å²) in [5.41, 5.74) is 0. The van der Waals surface area contributed by atoms with Crippen LogP contribution >= 0.6 is 0 Å². The number of carbonyl (C=O) groups is 2. The molecule has 0 radical (unpaired) electrons. The number of rotatable bonds is 5. The molecule has 6 heteroatoms. The van der Waals surface area contributed by atoms with E-state index in [1.165, 1.54) is 20.0 Å². The molecule has 0 saturated carbocycles. The zero-order valence-corrected chi connectivity index (χ0v) is 10.9. The number of ether oxygens (including phenoxy) is 1. The normalized spacial score (nSPS) is 17.9. The van der Waals surface area contributed by atoms with E-state index in [-0.39, 0.29) is 19.0 Å². The number of hydrogen-bond acceptors (Lipinski definition) is 3. The molecule has 6 nitrogen and oxygen atoms in total. The van der Waals surface area contributed by atoms with Crippen LogP contribution in [0.3, 0.4) is 0 Å². The summed E-state index contributed by atoms with van der Waals surface area (Å²) < 4.78 is 5.01. The standard InChI is InChI=1S/C12H22N2O4/c1-18-10(8-11(15)16)9-13-12(17)14-6-4-2-3-5-7-14/h10H,2-9H2,1H3,(H,13,17)(H,15,16). The lowest BCUT2D eigenvalue weighted by Gasteiger charge is -2.22. The second-order valence-corrected chi connectivity index (χ2v) is 4.54. The number of carboxylic acids is 1. The first-order valence-corrected chi connectivity index (χ1v) is 6.41. The van der Waals surface area contributed by atoms with E-state index >= 15 is 0 Å². The summed E-state index contributed by atoms with van der Waals surface area (Å²) >= 11 is 0. The molecule has 1 fully saturated rings. The molecule has 0 spiro atoms. The molecule has 1 saturated heterocycles. The fraction of sp³-hybridized carbons (Fsp3) is 0.833. The van der Waals surface area contributed by atoms with Crippen molar-refractivity contribution in [1.29, 1.82) is 0 Å². The number of amides is 2. The number of urea groups is 1. The third-order valence-electron chi connectivity index (χ3n) is 3.11. The number of nitrogens with one attached hydrogen (secondary N) is 1. The SMILES string of the molecule is COC(CNC(=O)N1CCCCCC1)CC(=O)O. The summed E-state index contributed by atoms with van der Waals surface area (Å²) in [5, 5.41) is 11.4. The van der Waals surface area contributed by atoms with Crippen molar-refractivity contribution >= 4 is 12.0 Å². The summed E-state index contributed by atoms with van der Waals surface area (Å²) in [5.74, 6) is -0.925. The highest BCUT2D eigenvalue weighted by atomic mass is 16.5. The number of nitrogens with zero attached hydrogens (tertiary/aromatic N) is 1. The smallest absolute Gasteiger partial charge is 0.317 e. The second kappa shape index (κ2) is 7.92. The Kier molecular flexibility index (Phi) is 6.49. The molecular weight excluding hydrogens is 236 g/mol. The van der Waals surface area contributed by atoms with Gasteiger partial charge in [0.05, 0.1) is 12.5 Å². The number of carbonyl (C=O) groups excluding carboxylic acids is 1. The molecule has 2 N–H and O–H groups in total. The van der Waals surface area contributed by atoms with Crippen LogP contribution in [0.2, 0.25) is 0 Å². The summed E-state index contributed by atoms with van der Waals surface area (Å²) in [6, 6.07) is -0.121. The van der Waals surface area contributed by atoms with E-state index in [2.05, 4.69) is 5.32 Å². The van der Waals surface area contributed by atoms with Gasteiger partial charge in [-0.05, 0) is 12.8 Å². The predicted octanol–water partition coefficient (Wildman–Crippen LogP) is 1.06. The Balaban J connectivity index is 2.31. The Morgan fingerprint density at radius 1 is 1.28 bits per heavy atom. The fourth-order valence-electron chi connectivity index (χ4n) is 2.02. The number of aliphatic carboxylic acids is 1. The molecule has 0 aromatic carbocycles. The van der Waals surface area contributed by atoms with Gasteiger partial charge in [0.1, 0.15) is 0 Å². The zero-order valence-electron chi connectivity index (χ0n) is 10.9. The molecule has 18 heavy (non-hydrogen) atoms. The van der Waals surface area contributed by atoms with Crippen molar-refractivity contribution in [2.24, 2.45) is 0 Å². The van der Waals surface area contributed by atoms with E-state index in [0.717, 1.165) is 25.9 Å². The van der Waals surface area contributed by atoms with Gasteiger partial charge in [-0.25, -0.2) is 4.79 Å². The third-order valence-corrected chi connectivity index (χ3v) is 3.11. The monoisotopic (exact) mass is 258 g/mol. The Labute approximate surface area is 107 Å². The minimum Gasteiger partial charge on any atom is -0.481 e. The van der Waals surface area contributed by atoms with E-state index in [4.69, 9.17) is 9.84 Å². The van der Waals surface area contributed by atoms with Crippen LogP contribution in [0, 0.1) is 0 Å². The molecule has 1 aliphatic rings. The molecule has 1 rings (SSSR count). The molecule has 104 valence electrons. The zero-order chi connectivity index (χ0) is 13.4. The van der Waals surface area contributed by atoms with Crippen LogP contribution in [-0.2, 0) is 9.53 Å². The van der Waals surface area contributed by atoms with Crippen LogP contribution in [0.4, 0.5) is 4.79 Å². The van der Waals surface area contributed by atoms with Crippen LogP contribution in [0.1, 0.15) is 32.1 Å². The molecule has 0 aromatic heterocycles. The average Bonchev–Trinajstić information content (AvgIpc) is 2.62. The fourth-order valence-corrected chi connectivity index (χ4v) is 2.02. The van der Waals surface area contributed by atoms with Crippen molar-refractivity contribution in [3.05, 3.63) is 0 Å². The van der Waals surface area contributed by atoms with Gasteiger partial charge in [0, 0.05) is 26.7 Å². The van der Waals surface area contributed by atoms with Gasteiger partial charge in [0.15, 0.2) is 0 Å². The van der Waals surface area contributed by atoms with Crippen molar-refractivity contribution in [1.82, 2.24) is 10.2 Å². The lowest BCUT2D eigenvalue weighted by molar-refractivity contribution is -0.139. The largest absolute Gasteiger partial charge is 0.481 e. The topological polar surface area (TPSA) is 78.9 Å². The maximum atomic E-state index is 11.9. The quantitative estimate of drug-likeness (QED) is 0.773. The minimum atomic E-state index is -0.925. The third kappa shape index (κ3) is 5.35. The Morgan fingerprint density at radius 3 is 2.39 bits per heavy atom. The average molecular weight is 258 g/mol. The van der Waals surface area contributed by atoms with Gasteiger partial charge in [0.2, 0.25) is 0 Å². The number of hydrogen-bond donors (Lipinski definition) is 2. The first kappa shape index (κ1) is 14.8. The van der Waals surface area contributed by atoms with Crippen LogP contribution in [0.15, 0.2) is 0 Å². The first-order chi connectivity index (χ1) is 8.63. The molecule has 1 aliphatic heterocycles. The van der Waals surface area contributed by atoms with E-state index in [0.29, 0.717) is 0 Å². The van der Waals surface area contributed by atoms with Crippen molar-refractivity contribution in [2.45, 2.75) is 38.2 Å². The van der Waals surface area contributed by atoms with Crippen LogP contribution in [0.25, 0.3) is 0 Å². The van der Waals surface area contributed by atoms with Crippen LogP contribution in [0.5, 0.6) is 0 Å². The summed E-state index contributed by atoms with van der Waals surface area (Å²) in [6.07, 6.45) is 3.84. The van der Waals surface area contributed by atoms with Gasteiger partial charge in [-0.3, -0.25) is 4.79 Å². The Morgan fingerprint density at radius 2 is 1.89 bits per heavy atom. The molecule has 1 unspecified atom stereocenters. The van der Waals surface area contributed by atoms with Crippen molar-refractivity contribution in [2.75, 3.05) is 26.7 Å². The molecule has 1 atom stereocenters.